The SMILES string of the molecule is CC1(C)c2ccccc2-c2cccc(C(Cc3ccc(-c4ccccc4)cc3)Cc3ccc(-c4cccc(-c5ccccc5)c4)cc3)c21. The predicted octanol–water partition coefficient (Wildman–Crippen LogP) is 12.6. The van der Waals surface area contributed by atoms with Gasteiger partial charge < -0.3 is 0 Å². The standard InChI is InChI=1S/C48H40/c1-48(2)46-22-10-9-19-44(46)45-21-12-20-43(47(45)48)42(31-34-23-27-38(28-24-34)36-13-5-3-6-14-36)32-35-25-29-39(30-26-35)41-18-11-17-40(33-41)37-15-7-4-8-16-37/h3-30,33,42H,31-32H2,1-2H3. The third kappa shape index (κ3) is 5.69. The zero-order valence-electron chi connectivity index (χ0n) is 27.7. The van der Waals surface area contributed by atoms with E-state index in [0.717, 1.165) is 12.8 Å². The van der Waals surface area contributed by atoms with Crippen LogP contribution in [0.1, 0.15) is 47.6 Å². The first-order chi connectivity index (χ1) is 23.5. The van der Waals surface area contributed by atoms with Crippen molar-refractivity contribution in [1.29, 1.82) is 0 Å². The van der Waals surface area contributed by atoms with Crippen LogP contribution in [0.3, 0.4) is 0 Å². The van der Waals surface area contributed by atoms with Gasteiger partial charge in [-0.05, 0) is 97.2 Å². The number of fused-ring (bicyclic) bond motifs is 3. The van der Waals surface area contributed by atoms with E-state index in [1.165, 1.54) is 72.3 Å². The molecule has 0 bridgehead atoms. The molecule has 0 amide bonds. The van der Waals surface area contributed by atoms with E-state index in [4.69, 9.17) is 0 Å². The van der Waals surface area contributed by atoms with Crippen LogP contribution in [-0.2, 0) is 18.3 Å². The molecule has 1 aliphatic carbocycles. The Morgan fingerprint density at radius 2 is 0.833 bits per heavy atom. The monoisotopic (exact) mass is 616 g/mol. The van der Waals surface area contributed by atoms with Gasteiger partial charge in [-0.3, -0.25) is 0 Å². The summed E-state index contributed by atoms with van der Waals surface area (Å²) >= 11 is 0. The van der Waals surface area contributed by atoms with Gasteiger partial charge in [-0.2, -0.15) is 0 Å². The van der Waals surface area contributed by atoms with Crippen LogP contribution in [0.4, 0.5) is 0 Å². The zero-order chi connectivity index (χ0) is 32.5. The molecule has 0 heterocycles. The number of hydrogen-bond donors (Lipinski definition) is 0. The molecule has 0 spiro atoms. The van der Waals surface area contributed by atoms with Crippen LogP contribution in [0, 0.1) is 0 Å². The molecule has 1 atom stereocenters. The van der Waals surface area contributed by atoms with Gasteiger partial charge in [-0.15, -0.1) is 0 Å². The Kier molecular flexibility index (Phi) is 7.87. The summed E-state index contributed by atoms with van der Waals surface area (Å²) < 4.78 is 0. The molecule has 0 nitrogen and oxygen atoms in total. The normalized spacial score (nSPS) is 13.5. The minimum atomic E-state index is -0.0500. The minimum absolute atomic E-state index is 0.0500. The molecule has 0 saturated heterocycles. The molecule has 7 aromatic rings. The third-order valence-electron chi connectivity index (χ3n) is 10.3. The average Bonchev–Trinajstić information content (AvgIpc) is 3.39. The second kappa shape index (κ2) is 12.6. The van der Waals surface area contributed by atoms with Gasteiger partial charge in [0.05, 0.1) is 0 Å². The average molecular weight is 617 g/mol. The largest absolute Gasteiger partial charge is 0.0622 e. The van der Waals surface area contributed by atoms with Crippen LogP contribution in [0.15, 0.2) is 176 Å². The van der Waals surface area contributed by atoms with E-state index in [9.17, 15) is 0 Å². The Morgan fingerprint density at radius 3 is 1.44 bits per heavy atom. The summed E-state index contributed by atoms with van der Waals surface area (Å²) in [6, 6.07) is 64.7. The summed E-state index contributed by atoms with van der Waals surface area (Å²) in [5.41, 5.74) is 17.4. The van der Waals surface area contributed by atoms with Gasteiger partial charge in [0.2, 0.25) is 0 Å². The Bertz CT molecular complexity index is 2170. The molecule has 232 valence electrons. The lowest BCUT2D eigenvalue weighted by atomic mass is 9.75. The van der Waals surface area contributed by atoms with E-state index in [1.54, 1.807) is 0 Å². The van der Waals surface area contributed by atoms with Crippen LogP contribution in [-0.4, -0.2) is 0 Å². The molecule has 0 radical (unpaired) electrons. The number of rotatable bonds is 8. The van der Waals surface area contributed by atoms with Gasteiger partial charge in [-0.1, -0.05) is 184 Å². The van der Waals surface area contributed by atoms with Crippen molar-refractivity contribution in [3.8, 4) is 44.5 Å². The smallest absolute Gasteiger partial charge is 0.0161 e. The van der Waals surface area contributed by atoms with Crippen molar-refractivity contribution in [2.24, 2.45) is 0 Å². The maximum atomic E-state index is 2.41. The predicted molar refractivity (Wildman–Crippen MR) is 203 cm³/mol. The maximum absolute atomic E-state index is 2.41. The Labute approximate surface area is 285 Å². The van der Waals surface area contributed by atoms with Crippen LogP contribution in [0.25, 0.3) is 44.5 Å². The first-order valence-electron chi connectivity index (χ1n) is 17.2. The highest BCUT2D eigenvalue weighted by Crippen LogP contribution is 2.51. The van der Waals surface area contributed by atoms with Crippen LogP contribution in [0.2, 0.25) is 0 Å². The molecule has 0 aromatic heterocycles. The second-order valence-corrected chi connectivity index (χ2v) is 13.8. The summed E-state index contributed by atoms with van der Waals surface area (Å²) in [5.74, 6) is 0.336. The topological polar surface area (TPSA) is 0 Å². The number of benzene rings is 7. The van der Waals surface area contributed by atoms with E-state index in [0.29, 0.717) is 5.92 Å². The molecule has 8 rings (SSSR count). The van der Waals surface area contributed by atoms with Crippen molar-refractivity contribution >= 4 is 0 Å². The highest BCUT2D eigenvalue weighted by atomic mass is 14.4. The molecule has 0 N–H and O–H groups in total. The van der Waals surface area contributed by atoms with Gasteiger partial charge in [0, 0.05) is 5.41 Å². The maximum Gasteiger partial charge on any atom is 0.0161 e. The molecule has 1 aliphatic rings. The van der Waals surface area contributed by atoms with Crippen LogP contribution >= 0.6 is 0 Å². The minimum Gasteiger partial charge on any atom is -0.0622 e. The summed E-state index contributed by atoms with van der Waals surface area (Å²) in [7, 11) is 0. The van der Waals surface area contributed by atoms with Crippen molar-refractivity contribution < 1.29 is 0 Å². The van der Waals surface area contributed by atoms with Crippen molar-refractivity contribution in [3.05, 3.63) is 204 Å². The summed E-state index contributed by atoms with van der Waals surface area (Å²) in [6.45, 7) is 4.82. The second-order valence-electron chi connectivity index (χ2n) is 13.8. The summed E-state index contributed by atoms with van der Waals surface area (Å²) in [6.07, 6.45) is 1.96. The van der Waals surface area contributed by atoms with Crippen LogP contribution in [0.5, 0.6) is 0 Å². The van der Waals surface area contributed by atoms with Gasteiger partial charge >= 0.3 is 0 Å². The van der Waals surface area contributed by atoms with Gasteiger partial charge in [0.15, 0.2) is 0 Å². The fourth-order valence-electron chi connectivity index (χ4n) is 7.90. The summed E-state index contributed by atoms with van der Waals surface area (Å²) in [5, 5.41) is 0. The fraction of sp³-hybridized carbons (Fsp3) is 0.125. The van der Waals surface area contributed by atoms with Crippen molar-refractivity contribution in [1.82, 2.24) is 0 Å². The molecular weight excluding hydrogens is 577 g/mol. The molecular formula is C48H40. The van der Waals surface area contributed by atoms with E-state index < -0.39 is 0 Å². The van der Waals surface area contributed by atoms with Crippen molar-refractivity contribution in [3.63, 3.8) is 0 Å². The molecule has 0 fully saturated rings. The lowest BCUT2D eigenvalue weighted by Gasteiger charge is -2.28. The lowest BCUT2D eigenvalue weighted by molar-refractivity contribution is 0.614. The summed E-state index contributed by atoms with van der Waals surface area (Å²) in [4.78, 5) is 0. The first kappa shape index (κ1) is 29.9. The molecule has 0 aliphatic heterocycles. The molecule has 1 unspecified atom stereocenters. The van der Waals surface area contributed by atoms with E-state index in [-0.39, 0.29) is 5.41 Å². The van der Waals surface area contributed by atoms with Gasteiger partial charge in [0.25, 0.3) is 0 Å². The Hall–Kier alpha value is -5.46. The number of hydrogen-bond acceptors (Lipinski definition) is 0. The van der Waals surface area contributed by atoms with Crippen LogP contribution < -0.4 is 0 Å². The fourth-order valence-corrected chi connectivity index (χ4v) is 7.90. The lowest BCUT2D eigenvalue weighted by Crippen LogP contribution is -2.20. The first-order valence-corrected chi connectivity index (χ1v) is 17.2. The third-order valence-corrected chi connectivity index (χ3v) is 10.3. The van der Waals surface area contributed by atoms with Crippen molar-refractivity contribution in [2.75, 3.05) is 0 Å². The van der Waals surface area contributed by atoms with E-state index in [2.05, 4.69) is 190 Å². The highest BCUT2D eigenvalue weighted by molar-refractivity contribution is 5.82. The zero-order valence-corrected chi connectivity index (χ0v) is 27.7. The van der Waals surface area contributed by atoms with Gasteiger partial charge in [-0.25, -0.2) is 0 Å². The van der Waals surface area contributed by atoms with Gasteiger partial charge in [0.1, 0.15) is 0 Å². The van der Waals surface area contributed by atoms with Crippen molar-refractivity contribution in [2.45, 2.75) is 38.0 Å². The molecule has 7 aromatic carbocycles. The Balaban J connectivity index is 1.14. The van der Waals surface area contributed by atoms with E-state index >= 15 is 0 Å². The Morgan fingerprint density at radius 1 is 0.396 bits per heavy atom. The highest BCUT2D eigenvalue weighted by Gasteiger charge is 2.38. The molecule has 0 heteroatoms. The molecule has 48 heavy (non-hydrogen) atoms. The van der Waals surface area contributed by atoms with E-state index in [1.807, 2.05) is 0 Å². The quantitative estimate of drug-likeness (QED) is 0.159. The molecule has 0 saturated carbocycles.